The number of aryl methyl sites for hydroxylation is 1. The maximum Gasteiger partial charge on any atom is 0.310 e. The number of hydrogen-bond acceptors (Lipinski definition) is 4. The Balaban J connectivity index is 2.18. The molecule has 0 unspecified atom stereocenters. The second-order valence-corrected chi connectivity index (χ2v) is 4.72. The van der Waals surface area contributed by atoms with Crippen LogP contribution in [-0.2, 0) is 0 Å². The minimum absolute atomic E-state index is 0.0930. The number of ketones is 1. The summed E-state index contributed by atoms with van der Waals surface area (Å²) in [7, 11) is 0. The van der Waals surface area contributed by atoms with Crippen LogP contribution in [-0.4, -0.2) is 16.8 Å². The van der Waals surface area contributed by atoms with Crippen molar-refractivity contribution in [3.8, 4) is 5.75 Å². The lowest BCUT2D eigenvalue weighted by Crippen LogP contribution is -2.24. The molecule has 108 valence electrons. The van der Waals surface area contributed by atoms with Crippen molar-refractivity contribution < 1.29 is 14.5 Å². The Bertz CT molecular complexity index is 664. The molecule has 0 amide bonds. The molecule has 0 saturated heterocycles. The smallest absolute Gasteiger partial charge is 0.310 e. The fraction of sp³-hybridized carbons (Fsp3) is 0.188. The first-order valence-electron chi connectivity index (χ1n) is 6.50. The highest BCUT2D eigenvalue weighted by molar-refractivity contribution is 5.99. The maximum absolute atomic E-state index is 12.2. The van der Waals surface area contributed by atoms with Gasteiger partial charge in [-0.1, -0.05) is 42.0 Å². The van der Waals surface area contributed by atoms with Gasteiger partial charge in [0.15, 0.2) is 11.9 Å². The number of carbonyl (C=O) groups excluding carboxylic acids is 1. The van der Waals surface area contributed by atoms with Gasteiger partial charge in [0.05, 0.1) is 4.92 Å². The van der Waals surface area contributed by atoms with Crippen LogP contribution in [0, 0.1) is 17.0 Å². The van der Waals surface area contributed by atoms with Crippen molar-refractivity contribution in [2.45, 2.75) is 20.0 Å². The molecule has 0 fully saturated rings. The third-order valence-corrected chi connectivity index (χ3v) is 3.07. The molecule has 0 spiro atoms. The van der Waals surface area contributed by atoms with E-state index in [1.54, 1.807) is 31.2 Å². The zero-order chi connectivity index (χ0) is 15.4. The number of rotatable bonds is 5. The summed E-state index contributed by atoms with van der Waals surface area (Å²) in [6, 6.07) is 13.1. The van der Waals surface area contributed by atoms with Crippen molar-refractivity contribution >= 4 is 11.5 Å². The van der Waals surface area contributed by atoms with Crippen LogP contribution in [0.2, 0.25) is 0 Å². The first-order valence-corrected chi connectivity index (χ1v) is 6.50. The lowest BCUT2D eigenvalue weighted by molar-refractivity contribution is -0.386. The van der Waals surface area contributed by atoms with Gasteiger partial charge >= 0.3 is 5.69 Å². The quantitative estimate of drug-likeness (QED) is 0.478. The molecule has 0 radical (unpaired) electrons. The molecule has 0 aliphatic heterocycles. The minimum atomic E-state index is -0.797. The van der Waals surface area contributed by atoms with E-state index in [9.17, 15) is 14.9 Å². The van der Waals surface area contributed by atoms with E-state index in [0.717, 1.165) is 5.56 Å². The summed E-state index contributed by atoms with van der Waals surface area (Å²) < 4.78 is 5.46. The second kappa shape index (κ2) is 6.17. The Labute approximate surface area is 122 Å². The predicted octanol–water partition coefficient (Wildman–Crippen LogP) is 3.55. The Morgan fingerprint density at radius 3 is 2.38 bits per heavy atom. The number of carbonyl (C=O) groups is 1. The van der Waals surface area contributed by atoms with Crippen LogP contribution >= 0.6 is 0 Å². The molecular formula is C16H15NO4. The van der Waals surface area contributed by atoms with Gasteiger partial charge in [0.1, 0.15) is 0 Å². The average Bonchev–Trinajstić information content (AvgIpc) is 2.47. The fourth-order valence-electron chi connectivity index (χ4n) is 1.90. The Morgan fingerprint density at radius 1 is 1.14 bits per heavy atom. The van der Waals surface area contributed by atoms with Gasteiger partial charge in [0.2, 0.25) is 5.78 Å². The van der Waals surface area contributed by atoms with E-state index in [4.69, 9.17) is 4.74 Å². The highest BCUT2D eigenvalue weighted by Crippen LogP contribution is 2.27. The molecule has 0 aromatic heterocycles. The lowest BCUT2D eigenvalue weighted by atomic mass is 10.1. The molecule has 5 heteroatoms. The zero-order valence-corrected chi connectivity index (χ0v) is 11.8. The first-order chi connectivity index (χ1) is 9.99. The van der Waals surface area contributed by atoms with Crippen LogP contribution in [0.15, 0.2) is 48.5 Å². The number of para-hydroxylation sites is 2. The maximum atomic E-state index is 12.2. The average molecular weight is 285 g/mol. The molecule has 2 aromatic rings. The van der Waals surface area contributed by atoms with Gasteiger partial charge in [-0.25, -0.2) is 0 Å². The Hall–Kier alpha value is -2.69. The van der Waals surface area contributed by atoms with E-state index >= 15 is 0 Å². The largest absolute Gasteiger partial charge is 0.475 e. The van der Waals surface area contributed by atoms with E-state index in [2.05, 4.69) is 0 Å². The van der Waals surface area contributed by atoms with Gasteiger partial charge in [-0.2, -0.15) is 0 Å². The third kappa shape index (κ3) is 3.45. The van der Waals surface area contributed by atoms with Crippen molar-refractivity contribution in [2.75, 3.05) is 0 Å². The van der Waals surface area contributed by atoms with E-state index in [1.807, 2.05) is 19.1 Å². The predicted molar refractivity (Wildman–Crippen MR) is 78.7 cm³/mol. The minimum Gasteiger partial charge on any atom is -0.475 e. The van der Waals surface area contributed by atoms with Crippen LogP contribution in [0.4, 0.5) is 5.69 Å². The van der Waals surface area contributed by atoms with Crippen LogP contribution < -0.4 is 4.74 Å². The molecule has 5 nitrogen and oxygen atoms in total. The van der Waals surface area contributed by atoms with Crippen LogP contribution in [0.3, 0.4) is 0 Å². The van der Waals surface area contributed by atoms with Gasteiger partial charge in [-0.05, 0) is 19.9 Å². The summed E-state index contributed by atoms with van der Waals surface area (Å²) in [6.45, 7) is 3.51. The van der Waals surface area contributed by atoms with Crippen LogP contribution in [0.5, 0.6) is 5.75 Å². The molecule has 0 saturated carbocycles. The van der Waals surface area contributed by atoms with E-state index in [1.165, 1.54) is 12.1 Å². The number of nitro groups is 1. The molecule has 0 heterocycles. The van der Waals surface area contributed by atoms with Crippen molar-refractivity contribution in [3.63, 3.8) is 0 Å². The van der Waals surface area contributed by atoms with Gasteiger partial charge in [-0.15, -0.1) is 0 Å². The molecular weight excluding hydrogens is 270 g/mol. The number of benzene rings is 2. The van der Waals surface area contributed by atoms with E-state index in [0.29, 0.717) is 5.56 Å². The van der Waals surface area contributed by atoms with E-state index < -0.39 is 11.0 Å². The van der Waals surface area contributed by atoms with Gasteiger partial charge in [0, 0.05) is 11.6 Å². The topological polar surface area (TPSA) is 69.4 Å². The number of ether oxygens (including phenoxy) is 1. The van der Waals surface area contributed by atoms with Crippen molar-refractivity contribution in [3.05, 3.63) is 69.8 Å². The highest BCUT2D eigenvalue weighted by atomic mass is 16.6. The summed E-state index contributed by atoms with van der Waals surface area (Å²) in [5.74, 6) is -0.122. The number of hydrogen-bond donors (Lipinski definition) is 0. The number of Topliss-reactive ketones (excluding diaryl/α,β-unsaturated/α-hetero) is 1. The van der Waals surface area contributed by atoms with Gasteiger partial charge in [0.25, 0.3) is 0 Å². The SMILES string of the molecule is Cc1ccc(C(=O)[C@@H](C)Oc2ccccc2[N+](=O)[O-])cc1. The normalized spacial score (nSPS) is 11.7. The monoisotopic (exact) mass is 285 g/mol. The molecule has 1 atom stereocenters. The number of nitro benzene ring substituents is 1. The van der Waals surface area contributed by atoms with Crippen LogP contribution in [0.25, 0.3) is 0 Å². The fourth-order valence-corrected chi connectivity index (χ4v) is 1.90. The first kappa shape index (κ1) is 14.7. The van der Waals surface area contributed by atoms with Gasteiger partial charge < -0.3 is 4.74 Å². The Kier molecular flexibility index (Phi) is 4.33. The summed E-state index contributed by atoms with van der Waals surface area (Å²) >= 11 is 0. The van der Waals surface area contributed by atoms with Gasteiger partial charge in [-0.3, -0.25) is 14.9 Å². The van der Waals surface area contributed by atoms with Crippen LogP contribution in [0.1, 0.15) is 22.8 Å². The summed E-state index contributed by atoms with van der Waals surface area (Å²) in [6.07, 6.45) is -0.797. The molecule has 2 aromatic carbocycles. The van der Waals surface area contributed by atoms with Crippen molar-refractivity contribution in [1.82, 2.24) is 0 Å². The van der Waals surface area contributed by atoms with E-state index in [-0.39, 0.29) is 17.2 Å². The summed E-state index contributed by atoms with van der Waals surface area (Å²) in [4.78, 5) is 22.6. The third-order valence-electron chi connectivity index (χ3n) is 3.07. The standard InChI is InChI=1S/C16H15NO4/c1-11-7-9-13(10-8-11)16(18)12(2)21-15-6-4-3-5-14(15)17(19)20/h3-10,12H,1-2H3/t12-/m1/s1. The molecule has 0 aliphatic rings. The van der Waals surface area contributed by atoms with Crippen molar-refractivity contribution in [1.29, 1.82) is 0 Å². The van der Waals surface area contributed by atoms with Crippen molar-refractivity contribution in [2.24, 2.45) is 0 Å². The summed E-state index contributed by atoms with van der Waals surface area (Å²) in [5, 5.41) is 10.9. The highest BCUT2D eigenvalue weighted by Gasteiger charge is 2.21. The second-order valence-electron chi connectivity index (χ2n) is 4.72. The Morgan fingerprint density at radius 2 is 1.76 bits per heavy atom. The molecule has 0 aliphatic carbocycles. The molecule has 0 N–H and O–H groups in total. The molecule has 0 bridgehead atoms. The number of nitrogens with zero attached hydrogens (tertiary/aromatic N) is 1. The summed E-state index contributed by atoms with van der Waals surface area (Å²) in [5.41, 5.74) is 1.42. The zero-order valence-electron chi connectivity index (χ0n) is 11.8. The molecule has 2 rings (SSSR count). The molecule has 21 heavy (non-hydrogen) atoms. The lowest BCUT2D eigenvalue weighted by Gasteiger charge is -2.13.